The Balaban J connectivity index is 1.89. The Kier molecular flexibility index (Phi) is 4.87. The van der Waals surface area contributed by atoms with Crippen molar-refractivity contribution < 1.29 is 9.84 Å². The van der Waals surface area contributed by atoms with Crippen molar-refractivity contribution in [1.29, 1.82) is 0 Å². The fraction of sp³-hybridized carbons (Fsp3) is 0.571. The predicted octanol–water partition coefficient (Wildman–Crippen LogP) is 3.05. The van der Waals surface area contributed by atoms with Crippen LogP contribution in [0, 0.1) is 0 Å². The van der Waals surface area contributed by atoms with Crippen molar-refractivity contribution in [2.45, 2.75) is 32.4 Å². The molecule has 0 aliphatic carbocycles. The molecule has 1 fully saturated rings. The van der Waals surface area contributed by atoms with Gasteiger partial charge in [-0.25, -0.2) is 0 Å². The zero-order chi connectivity index (χ0) is 13.0. The highest BCUT2D eigenvalue weighted by molar-refractivity contribution is 6.30. The van der Waals surface area contributed by atoms with Gasteiger partial charge in [0.25, 0.3) is 0 Å². The molecule has 2 rings (SSSR count). The van der Waals surface area contributed by atoms with Gasteiger partial charge >= 0.3 is 0 Å². The number of rotatable bonds is 4. The average Bonchev–Trinajstić information content (AvgIpc) is 2.37. The number of halogens is 1. The summed E-state index contributed by atoms with van der Waals surface area (Å²) in [6.07, 6.45) is 2.53. The van der Waals surface area contributed by atoms with E-state index >= 15 is 0 Å². The highest BCUT2D eigenvalue weighted by Crippen LogP contribution is 2.24. The monoisotopic (exact) mass is 269 g/mol. The standard InChI is InChI=1S/C14H20ClNO2/c1-2-18-13-5-7-16(8-6-13)10-11-9-12(15)3-4-14(11)17/h3-4,9,13,17H,2,5-8,10H2,1H3. The topological polar surface area (TPSA) is 32.7 Å². The van der Waals surface area contributed by atoms with E-state index in [1.165, 1.54) is 0 Å². The first-order chi connectivity index (χ1) is 8.69. The largest absolute Gasteiger partial charge is 0.508 e. The molecule has 0 atom stereocenters. The maximum atomic E-state index is 9.79. The Morgan fingerprint density at radius 2 is 2.11 bits per heavy atom. The lowest BCUT2D eigenvalue weighted by molar-refractivity contribution is 0.0124. The van der Waals surface area contributed by atoms with Gasteiger partial charge in [-0.05, 0) is 38.0 Å². The zero-order valence-electron chi connectivity index (χ0n) is 10.7. The minimum atomic E-state index is 0.325. The van der Waals surface area contributed by atoms with Gasteiger partial charge in [0, 0.05) is 36.8 Å². The van der Waals surface area contributed by atoms with Gasteiger partial charge in [-0.1, -0.05) is 11.6 Å². The molecule has 1 N–H and O–H groups in total. The first kappa shape index (κ1) is 13.7. The number of likely N-dealkylation sites (tertiary alicyclic amines) is 1. The molecule has 3 nitrogen and oxygen atoms in total. The van der Waals surface area contributed by atoms with Gasteiger partial charge in [0.15, 0.2) is 0 Å². The molecule has 0 spiro atoms. The van der Waals surface area contributed by atoms with E-state index in [0.717, 1.165) is 44.6 Å². The van der Waals surface area contributed by atoms with Crippen molar-refractivity contribution in [3.63, 3.8) is 0 Å². The number of phenolic OH excluding ortho intramolecular Hbond substituents is 1. The molecule has 0 aromatic heterocycles. The molecular formula is C14H20ClNO2. The Bertz CT molecular complexity index is 389. The van der Waals surface area contributed by atoms with Crippen LogP contribution in [0.15, 0.2) is 18.2 Å². The fourth-order valence-corrected chi connectivity index (χ4v) is 2.59. The Labute approximate surface area is 113 Å². The Hall–Kier alpha value is -0.770. The minimum Gasteiger partial charge on any atom is -0.508 e. The second-order valence-electron chi connectivity index (χ2n) is 4.70. The number of phenols is 1. The fourth-order valence-electron chi connectivity index (χ4n) is 2.39. The molecule has 1 aromatic rings. The van der Waals surface area contributed by atoms with Gasteiger partial charge in [0.05, 0.1) is 6.10 Å². The van der Waals surface area contributed by atoms with Gasteiger partial charge in [-0.2, -0.15) is 0 Å². The number of nitrogens with zero attached hydrogens (tertiary/aromatic N) is 1. The predicted molar refractivity (Wildman–Crippen MR) is 73.0 cm³/mol. The van der Waals surface area contributed by atoms with Crippen LogP contribution in [0.3, 0.4) is 0 Å². The third kappa shape index (κ3) is 3.61. The number of piperidine rings is 1. The summed E-state index contributed by atoms with van der Waals surface area (Å²) in [5.74, 6) is 0.325. The van der Waals surface area contributed by atoms with Crippen LogP contribution in [0.5, 0.6) is 5.75 Å². The normalized spacial score (nSPS) is 18.1. The molecule has 1 saturated heterocycles. The van der Waals surface area contributed by atoms with Gasteiger partial charge in [-0.15, -0.1) is 0 Å². The lowest BCUT2D eigenvalue weighted by atomic mass is 10.1. The number of hydrogen-bond donors (Lipinski definition) is 1. The van der Waals surface area contributed by atoms with Crippen molar-refractivity contribution in [3.05, 3.63) is 28.8 Å². The van der Waals surface area contributed by atoms with Gasteiger partial charge in [-0.3, -0.25) is 4.90 Å². The maximum Gasteiger partial charge on any atom is 0.120 e. The summed E-state index contributed by atoms with van der Waals surface area (Å²) in [6, 6.07) is 5.21. The molecular weight excluding hydrogens is 250 g/mol. The van der Waals surface area contributed by atoms with Crippen LogP contribution in [-0.2, 0) is 11.3 Å². The molecule has 0 unspecified atom stereocenters. The first-order valence-corrected chi connectivity index (χ1v) is 6.88. The second-order valence-corrected chi connectivity index (χ2v) is 5.14. The quantitative estimate of drug-likeness (QED) is 0.912. The highest BCUT2D eigenvalue weighted by Gasteiger charge is 2.19. The Morgan fingerprint density at radius 1 is 1.39 bits per heavy atom. The van der Waals surface area contributed by atoms with Crippen LogP contribution in [0.1, 0.15) is 25.3 Å². The Morgan fingerprint density at radius 3 is 2.78 bits per heavy atom. The summed E-state index contributed by atoms with van der Waals surface area (Å²) in [5.41, 5.74) is 0.900. The molecule has 1 heterocycles. The van der Waals surface area contributed by atoms with E-state index in [2.05, 4.69) is 4.90 Å². The lowest BCUT2D eigenvalue weighted by Gasteiger charge is -2.31. The summed E-state index contributed by atoms with van der Waals surface area (Å²) >= 11 is 5.95. The summed E-state index contributed by atoms with van der Waals surface area (Å²) in [5, 5.41) is 10.5. The van der Waals surface area contributed by atoms with Crippen LogP contribution >= 0.6 is 11.6 Å². The van der Waals surface area contributed by atoms with Gasteiger partial charge < -0.3 is 9.84 Å². The molecule has 0 bridgehead atoms. The van der Waals surface area contributed by atoms with Crippen molar-refractivity contribution in [2.24, 2.45) is 0 Å². The van der Waals surface area contributed by atoms with Crippen LogP contribution in [-0.4, -0.2) is 35.8 Å². The molecule has 1 aliphatic heterocycles. The van der Waals surface area contributed by atoms with Crippen molar-refractivity contribution in [1.82, 2.24) is 4.90 Å². The molecule has 1 aromatic carbocycles. The summed E-state index contributed by atoms with van der Waals surface area (Å²) < 4.78 is 5.63. The van der Waals surface area contributed by atoms with E-state index in [9.17, 15) is 5.11 Å². The van der Waals surface area contributed by atoms with E-state index < -0.39 is 0 Å². The molecule has 0 amide bonds. The number of benzene rings is 1. The third-order valence-corrected chi connectivity index (χ3v) is 3.61. The number of aromatic hydroxyl groups is 1. The van der Waals surface area contributed by atoms with Crippen LogP contribution in [0.2, 0.25) is 5.02 Å². The molecule has 0 saturated carbocycles. The van der Waals surface area contributed by atoms with Crippen LogP contribution < -0.4 is 0 Å². The van der Waals surface area contributed by atoms with Crippen LogP contribution in [0.25, 0.3) is 0 Å². The van der Waals surface area contributed by atoms with Crippen LogP contribution in [0.4, 0.5) is 0 Å². The summed E-state index contributed by atoms with van der Waals surface area (Å²) in [4.78, 5) is 2.33. The molecule has 1 aliphatic rings. The minimum absolute atomic E-state index is 0.325. The highest BCUT2D eigenvalue weighted by atomic mass is 35.5. The van der Waals surface area contributed by atoms with Gasteiger partial charge in [0.2, 0.25) is 0 Å². The third-order valence-electron chi connectivity index (χ3n) is 3.37. The first-order valence-electron chi connectivity index (χ1n) is 6.50. The van der Waals surface area contributed by atoms with Crippen molar-refractivity contribution >= 4 is 11.6 Å². The van der Waals surface area contributed by atoms with E-state index in [4.69, 9.17) is 16.3 Å². The second kappa shape index (κ2) is 6.41. The SMILES string of the molecule is CCOC1CCN(Cc2cc(Cl)ccc2O)CC1. The smallest absolute Gasteiger partial charge is 0.120 e. The van der Waals surface area contributed by atoms with E-state index in [0.29, 0.717) is 16.9 Å². The molecule has 0 radical (unpaired) electrons. The average molecular weight is 270 g/mol. The number of ether oxygens (including phenoxy) is 1. The molecule has 100 valence electrons. The van der Waals surface area contributed by atoms with Crippen molar-refractivity contribution in [3.8, 4) is 5.75 Å². The summed E-state index contributed by atoms with van der Waals surface area (Å²) in [7, 11) is 0. The number of hydrogen-bond acceptors (Lipinski definition) is 3. The van der Waals surface area contributed by atoms with E-state index in [1.807, 2.05) is 13.0 Å². The maximum absolute atomic E-state index is 9.79. The summed E-state index contributed by atoms with van der Waals surface area (Å²) in [6.45, 7) is 5.61. The molecule has 18 heavy (non-hydrogen) atoms. The van der Waals surface area contributed by atoms with E-state index in [-0.39, 0.29) is 0 Å². The lowest BCUT2D eigenvalue weighted by Crippen LogP contribution is -2.36. The molecule has 4 heteroatoms. The van der Waals surface area contributed by atoms with Crippen molar-refractivity contribution in [2.75, 3.05) is 19.7 Å². The van der Waals surface area contributed by atoms with E-state index in [1.54, 1.807) is 12.1 Å². The van der Waals surface area contributed by atoms with Gasteiger partial charge in [0.1, 0.15) is 5.75 Å². The zero-order valence-corrected chi connectivity index (χ0v) is 11.5.